The van der Waals surface area contributed by atoms with E-state index in [1.165, 1.54) is 4.31 Å². The molecule has 0 bridgehead atoms. The zero-order valence-corrected chi connectivity index (χ0v) is 14.6. The Bertz CT molecular complexity index is 581. The minimum atomic E-state index is -3.43. The van der Waals surface area contributed by atoms with Crippen molar-refractivity contribution in [2.45, 2.75) is 38.0 Å². The maximum absolute atomic E-state index is 12.4. The summed E-state index contributed by atoms with van der Waals surface area (Å²) in [5, 5.41) is 11.4. The lowest BCUT2D eigenvalue weighted by Crippen LogP contribution is -2.30. The number of benzene rings is 1. The molecule has 0 aliphatic carbocycles. The number of sulfonamides is 1. The Morgan fingerprint density at radius 3 is 2.30 bits per heavy atom. The lowest BCUT2D eigenvalue weighted by atomic mass is 10.1. The summed E-state index contributed by atoms with van der Waals surface area (Å²) in [6.07, 6.45) is 1.44. The highest BCUT2D eigenvalue weighted by molar-refractivity contribution is 7.89. The summed E-state index contributed by atoms with van der Waals surface area (Å²) in [6, 6.07) is 6.67. The maximum Gasteiger partial charge on any atom is 0.243 e. The Labute approximate surface area is 138 Å². The van der Waals surface area contributed by atoms with Crippen molar-refractivity contribution in [3.63, 3.8) is 0 Å². The highest BCUT2D eigenvalue weighted by atomic mass is 32.2. The van der Waals surface area contributed by atoms with E-state index in [0.717, 1.165) is 5.56 Å². The third-order valence-electron chi connectivity index (χ3n) is 3.56. The number of hydrogen-bond donors (Lipinski definition) is 2. The van der Waals surface area contributed by atoms with E-state index in [1.54, 1.807) is 24.3 Å². The summed E-state index contributed by atoms with van der Waals surface area (Å²) in [5.41, 5.74) is 0.917. The van der Waals surface area contributed by atoms with Crippen molar-refractivity contribution in [3.05, 3.63) is 29.8 Å². The Balaban J connectivity index is 2.62. The average Bonchev–Trinajstić information content (AvgIpc) is 2.54. The van der Waals surface area contributed by atoms with Crippen molar-refractivity contribution in [2.24, 2.45) is 0 Å². The van der Waals surface area contributed by atoms with E-state index in [1.807, 2.05) is 13.8 Å². The van der Waals surface area contributed by atoms with Crippen LogP contribution in [0.3, 0.4) is 0 Å². The molecular formula is C16H26N2O4S. The molecule has 1 aromatic carbocycles. The molecule has 0 aromatic heterocycles. The first-order chi connectivity index (χ1) is 11.0. The molecule has 0 unspecified atom stereocenters. The van der Waals surface area contributed by atoms with Crippen molar-refractivity contribution in [2.75, 3.05) is 26.2 Å². The molecule has 0 atom stereocenters. The molecule has 1 aromatic rings. The average molecular weight is 342 g/mol. The van der Waals surface area contributed by atoms with E-state index in [0.29, 0.717) is 38.9 Å². The number of nitrogens with zero attached hydrogens (tertiary/aromatic N) is 1. The van der Waals surface area contributed by atoms with Crippen LogP contribution in [0.25, 0.3) is 0 Å². The second-order valence-electron chi connectivity index (χ2n) is 5.16. The first-order valence-electron chi connectivity index (χ1n) is 7.92. The van der Waals surface area contributed by atoms with Gasteiger partial charge in [0, 0.05) is 32.7 Å². The second-order valence-corrected chi connectivity index (χ2v) is 7.10. The number of aliphatic hydroxyl groups is 1. The molecule has 1 amide bonds. The van der Waals surface area contributed by atoms with Gasteiger partial charge in [0.2, 0.25) is 15.9 Å². The Morgan fingerprint density at radius 2 is 1.78 bits per heavy atom. The van der Waals surface area contributed by atoms with Gasteiger partial charge in [0.1, 0.15) is 0 Å². The quantitative estimate of drug-likeness (QED) is 0.625. The fourth-order valence-corrected chi connectivity index (χ4v) is 3.65. The van der Waals surface area contributed by atoms with Gasteiger partial charge in [-0.2, -0.15) is 4.31 Å². The third kappa shape index (κ3) is 5.93. The SMILES string of the molecule is CCN(CC)S(=O)(=O)c1ccc(CCC(=O)NCCCO)cc1. The summed E-state index contributed by atoms with van der Waals surface area (Å²) >= 11 is 0. The van der Waals surface area contributed by atoms with Gasteiger partial charge in [0.15, 0.2) is 0 Å². The Morgan fingerprint density at radius 1 is 1.17 bits per heavy atom. The van der Waals surface area contributed by atoms with Gasteiger partial charge in [-0.05, 0) is 30.5 Å². The van der Waals surface area contributed by atoms with E-state index in [-0.39, 0.29) is 17.4 Å². The standard InChI is InChI=1S/C16H26N2O4S/c1-3-18(4-2)23(21,22)15-9-6-14(7-10-15)8-11-16(20)17-12-5-13-19/h6-7,9-10,19H,3-5,8,11-13H2,1-2H3,(H,17,20). The van der Waals surface area contributed by atoms with E-state index in [9.17, 15) is 13.2 Å². The number of amides is 1. The number of rotatable bonds is 10. The van der Waals surface area contributed by atoms with Crippen molar-refractivity contribution < 1.29 is 18.3 Å². The summed E-state index contributed by atoms with van der Waals surface area (Å²) in [7, 11) is -3.43. The van der Waals surface area contributed by atoms with Gasteiger partial charge in [-0.15, -0.1) is 0 Å². The molecule has 1 rings (SSSR count). The van der Waals surface area contributed by atoms with Crippen LogP contribution in [0.15, 0.2) is 29.2 Å². The molecule has 0 saturated carbocycles. The predicted octanol–water partition coefficient (Wildman–Crippen LogP) is 1.15. The van der Waals surface area contributed by atoms with E-state index in [4.69, 9.17) is 5.11 Å². The van der Waals surface area contributed by atoms with Gasteiger partial charge in [-0.25, -0.2) is 8.42 Å². The predicted molar refractivity (Wildman–Crippen MR) is 89.6 cm³/mol. The van der Waals surface area contributed by atoms with Crippen LogP contribution in [0.4, 0.5) is 0 Å². The van der Waals surface area contributed by atoms with Crippen LogP contribution in [0.5, 0.6) is 0 Å². The van der Waals surface area contributed by atoms with Crippen LogP contribution >= 0.6 is 0 Å². The fourth-order valence-electron chi connectivity index (χ4n) is 2.19. The number of aryl methyl sites for hydroxylation is 1. The molecule has 0 aliphatic rings. The highest BCUT2D eigenvalue weighted by Gasteiger charge is 2.21. The number of carbonyl (C=O) groups excluding carboxylic acids is 1. The zero-order chi connectivity index (χ0) is 17.3. The topological polar surface area (TPSA) is 86.7 Å². The molecule has 0 radical (unpaired) electrons. The normalized spacial score (nSPS) is 11.7. The lowest BCUT2D eigenvalue weighted by Gasteiger charge is -2.18. The Kier molecular flexibility index (Phi) is 8.22. The molecule has 7 heteroatoms. The largest absolute Gasteiger partial charge is 0.396 e. The van der Waals surface area contributed by atoms with Gasteiger partial charge in [0.05, 0.1) is 4.90 Å². The van der Waals surface area contributed by atoms with E-state index >= 15 is 0 Å². The van der Waals surface area contributed by atoms with Crippen LogP contribution in [0.2, 0.25) is 0 Å². The number of carbonyl (C=O) groups is 1. The van der Waals surface area contributed by atoms with E-state index < -0.39 is 10.0 Å². The van der Waals surface area contributed by atoms with Crippen LogP contribution in [-0.4, -0.2) is 50.0 Å². The summed E-state index contributed by atoms with van der Waals surface area (Å²) in [5.74, 6) is -0.0710. The van der Waals surface area contributed by atoms with Crippen LogP contribution in [0.1, 0.15) is 32.3 Å². The van der Waals surface area contributed by atoms with Gasteiger partial charge >= 0.3 is 0 Å². The molecule has 2 N–H and O–H groups in total. The Hall–Kier alpha value is -1.44. The zero-order valence-electron chi connectivity index (χ0n) is 13.8. The van der Waals surface area contributed by atoms with Crippen molar-refractivity contribution in [1.82, 2.24) is 9.62 Å². The van der Waals surface area contributed by atoms with Crippen molar-refractivity contribution >= 4 is 15.9 Å². The van der Waals surface area contributed by atoms with Crippen molar-refractivity contribution in [1.29, 1.82) is 0 Å². The van der Waals surface area contributed by atoms with Gasteiger partial charge in [-0.3, -0.25) is 4.79 Å². The molecule has 0 fully saturated rings. The number of nitrogens with one attached hydrogen (secondary N) is 1. The summed E-state index contributed by atoms with van der Waals surface area (Å²) < 4.78 is 26.1. The minimum Gasteiger partial charge on any atom is -0.396 e. The molecule has 0 aliphatic heterocycles. The number of hydrogen-bond acceptors (Lipinski definition) is 4. The van der Waals surface area contributed by atoms with Crippen LogP contribution in [-0.2, 0) is 21.2 Å². The van der Waals surface area contributed by atoms with Gasteiger partial charge in [0.25, 0.3) is 0 Å². The third-order valence-corrected chi connectivity index (χ3v) is 5.63. The van der Waals surface area contributed by atoms with Crippen LogP contribution < -0.4 is 5.32 Å². The highest BCUT2D eigenvalue weighted by Crippen LogP contribution is 2.16. The van der Waals surface area contributed by atoms with Gasteiger partial charge in [-0.1, -0.05) is 26.0 Å². The lowest BCUT2D eigenvalue weighted by molar-refractivity contribution is -0.121. The smallest absolute Gasteiger partial charge is 0.243 e. The van der Waals surface area contributed by atoms with Crippen molar-refractivity contribution in [3.8, 4) is 0 Å². The molecule has 130 valence electrons. The second kappa shape index (κ2) is 9.64. The molecule has 0 heterocycles. The van der Waals surface area contributed by atoms with Gasteiger partial charge < -0.3 is 10.4 Å². The monoisotopic (exact) mass is 342 g/mol. The van der Waals surface area contributed by atoms with E-state index in [2.05, 4.69) is 5.32 Å². The number of aliphatic hydroxyl groups excluding tert-OH is 1. The fraction of sp³-hybridized carbons (Fsp3) is 0.562. The molecule has 23 heavy (non-hydrogen) atoms. The maximum atomic E-state index is 12.4. The minimum absolute atomic E-state index is 0.0583. The first-order valence-corrected chi connectivity index (χ1v) is 9.36. The van der Waals surface area contributed by atoms with Crippen LogP contribution in [0, 0.1) is 0 Å². The summed E-state index contributed by atoms with van der Waals surface area (Å²) in [4.78, 5) is 11.9. The molecule has 0 saturated heterocycles. The molecule has 0 spiro atoms. The molecule has 6 nitrogen and oxygen atoms in total. The molecular weight excluding hydrogens is 316 g/mol. The first kappa shape index (κ1) is 19.6. The summed E-state index contributed by atoms with van der Waals surface area (Å²) in [6.45, 7) is 5.03.